The molecule has 0 fully saturated rings. The molecule has 6 nitrogen and oxygen atoms in total. The standard InChI is InChI=1S/C11H23NO5S2/c1-4-18(13,14)9-6-17-7-10-19(15,16)8-5-12-11(2)3/h4,11-12H,1,5-10H2,2-3H3. The molecule has 114 valence electrons. The molecular formula is C11H23NO5S2. The van der Waals surface area contributed by atoms with Gasteiger partial charge in [0.2, 0.25) is 0 Å². The predicted molar refractivity (Wildman–Crippen MR) is 76.6 cm³/mol. The monoisotopic (exact) mass is 313 g/mol. The van der Waals surface area contributed by atoms with Crippen LogP contribution in [0.25, 0.3) is 0 Å². The van der Waals surface area contributed by atoms with Crippen molar-refractivity contribution in [2.75, 3.05) is 37.0 Å². The molecule has 0 saturated heterocycles. The average Bonchev–Trinajstić information content (AvgIpc) is 2.27. The first-order chi connectivity index (χ1) is 8.68. The minimum absolute atomic E-state index is 0.0106. The second-order valence-electron chi connectivity index (χ2n) is 4.41. The van der Waals surface area contributed by atoms with Crippen LogP contribution in [0.2, 0.25) is 0 Å². The molecule has 0 aromatic heterocycles. The maximum Gasteiger partial charge on any atom is 0.173 e. The van der Waals surface area contributed by atoms with Crippen LogP contribution in [-0.2, 0) is 24.4 Å². The second kappa shape index (κ2) is 8.68. The Hall–Kier alpha value is -0.440. The zero-order valence-corrected chi connectivity index (χ0v) is 13.1. The minimum Gasteiger partial charge on any atom is -0.379 e. The van der Waals surface area contributed by atoms with Crippen LogP contribution in [0.4, 0.5) is 0 Å². The maximum atomic E-state index is 11.6. The van der Waals surface area contributed by atoms with Crippen LogP contribution in [0, 0.1) is 0 Å². The van der Waals surface area contributed by atoms with E-state index in [1.807, 2.05) is 13.8 Å². The van der Waals surface area contributed by atoms with Gasteiger partial charge in [0, 0.05) is 18.0 Å². The van der Waals surface area contributed by atoms with Gasteiger partial charge in [0.15, 0.2) is 19.7 Å². The summed E-state index contributed by atoms with van der Waals surface area (Å²) in [6.07, 6.45) is 0. The van der Waals surface area contributed by atoms with Crippen LogP contribution in [0.5, 0.6) is 0 Å². The molecule has 0 heterocycles. The molecule has 0 aromatic carbocycles. The summed E-state index contributed by atoms with van der Waals surface area (Å²) in [7, 11) is -6.44. The molecule has 0 aliphatic heterocycles. The van der Waals surface area contributed by atoms with E-state index in [4.69, 9.17) is 4.74 Å². The summed E-state index contributed by atoms with van der Waals surface area (Å²) in [5.74, 6) is -0.216. The molecule has 1 N–H and O–H groups in total. The van der Waals surface area contributed by atoms with Gasteiger partial charge in [0.1, 0.15) is 0 Å². The average molecular weight is 313 g/mol. The van der Waals surface area contributed by atoms with Crippen molar-refractivity contribution >= 4 is 19.7 Å². The summed E-state index contributed by atoms with van der Waals surface area (Å²) < 4.78 is 50.2. The second-order valence-corrected chi connectivity index (χ2v) is 8.78. The predicted octanol–water partition coefficient (Wildman–Crippen LogP) is -0.0259. The summed E-state index contributed by atoms with van der Waals surface area (Å²) in [5.41, 5.74) is 0. The highest BCUT2D eigenvalue weighted by atomic mass is 32.2. The molecule has 0 unspecified atom stereocenters. The van der Waals surface area contributed by atoms with Crippen LogP contribution < -0.4 is 5.32 Å². The maximum absolute atomic E-state index is 11.6. The normalized spacial score (nSPS) is 12.8. The van der Waals surface area contributed by atoms with Crippen molar-refractivity contribution in [3.8, 4) is 0 Å². The van der Waals surface area contributed by atoms with Gasteiger partial charge in [-0.3, -0.25) is 0 Å². The Bertz CT molecular complexity index is 453. The Morgan fingerprint density at radius 3 is 2.21 bits per heavy atom. The van der Waals surface area contributed by atoms with Crippen molar-refractivity contribution in [2.45, 2.75) is 19.9 Å². The molecule has 0 atom stereocenters. The molecule has 0 bridgehead atoms. The van der Waals surface area contributed by atoms with Gasteiger partial charge in [-0.05, 0) is 0 Å². The van der Waals surface area contributed by atoms with Gasteiger partial charge in [0.25, 0.3) is 0 Å². The van der Waals surface area contributed by atoms with E-state index >= 15 is 0 Å². The van der Waals surface area contributed by atoms with E-state index in [9.17, 15) is 16.8 Å². The number of hydrogen-bond donors (Lipinski definition) is 1. The molecule has 0 aromatic rings. The van der Waals surface area contributed by atoms with Crippen molar-refractivity contribution in [2.24, 2.45) is 0 Å². The number of nitrogens with one attached hydrogen (secondary N) is 1. The van der Waals surface area contributed by atoms with Crippen molar-refractivity contribution < 1.29 is 21.6 Å². The highest BCUT2D eigenvalue weighted by Crippen LogP contribution is 1.94. The molecule has 0 aliphatic rings. The lowest BCUT2D eigenvalue weighted by Gasteiger charge is -2.08. The summed E-state index contributed by atoms with van der Waals surface area (Å²) in [6, 6.07) is 0.246. The molecule has 8 heteroatoms. The van der Waals surface area contributed by atoms with Gasteiger partial charge in [0.05, 0.1) is 30.5 Å². The third-order valence-corrected chi connectivity index (χ3v) is 5.13. The molecule has 0 rings (SSSR count). The van der Waals surface area contributed by atoms with Gasteiger partial charge in [-0.1, -0.05) is 20.4 Å². The van der Waals surface area contributed by atoms with E-state index in [1.54, 1.807) is 0 Å². The van der Waals surface area contributed by atoms with Gasteiger partial charge in [-0.25, -0.2) is 16.8 Å². The Morgan fingerprint density at radius 1 is 1.11 bits per heavy atom. The lowest BCUT2D eigenvalue weighted by atomic mass is 10.4. The Labute approximate surface area is 116 Å². The van der Waals surface area contributed by atoms with Crippen molar-refractivity contribution in [1.82, 2.24) is 5.32 Å². The first-order valence-corrected chi connectivity index (χ1v) is 9.59. The summed E-state index contributed by atoms with van der Waals surface area (Å²) in [6.45, 7) is 7.45. The minimum atomic E-state index is -3.28. The lowest BCUT2D eigenvalue weighted by Crippen LogP contribution is -2.30. The number of sulfone groups is 2. The third-order valence-electron chi connectivity index (χ3n) is 2.27. The van der Waals surface area contributed by atoms with Gasteiger partial charge in [-0.15, -0.1) is 0 Å². The van der Waals surface area contributed by atoms with Crippen molar-refractivity contribution in [3.63, 3.8) is 0 Å². The molecule has 0 aliphatic carbocycles. The van der Waals surface area contributed by atoms with E-state index in [2.05, 4.69) is 11.9 Å². The van der Waals surface area contributed by atoms with Crippen molar-refractivity contribution in [1.29, 1.82) is 0 Å². The Balaban J connectivity index is 3.79. The molecular weight excluding hydrogens is 290 g/mol. The van der Waals surface area contributed by atoms with Crippen LogP contribution in [0.3, 0.4) is 0 Å². The molecule has 19 heavy (non-hydrogen) atoms. The van der Waals surface area contributed by atoms with Crippen molar-refractivity contribution in [3.05, 3.63) is 12.0 Å². The molecule has 0 spiro atoms. The molecule has 0 saturated carbocycles. The quantitative estimate of drug-likeness (QED) is 0.539. The van der Waals surface area contributed by atoms with E-state index in [0.717, 1.165) is 5.41 Å². The number of ether oxygens (including phenoxy) is 1. The SMILES string of the molecule is C=CS(=O)(=O)CCOCCS(=O)(=O)CCNC(C)C. The fourth-order valence-corrected chi connectivity index (χ4v) is 2.67. The zero-order valence-electron chi connectivity index (χ0n) is 11.5. The van der Waals surface area contributed by atoms with Crippen LogP contribution in [0.1, 0.15) is 13.8 Å². The highest BCUT2D eigenvalue weighted by Gasteiger charge is 2.11. The Morgan fingerprint density at radius 2 is 1.68 bits per heavy atom. The van der Waals surface area contributed by atoms with Crippen LogP contribution in [0.15, 0.2) is 12.0 Å². The summed E-state index contributed by atoms with van der Waals surface area (Å²) >= 11 is 0. The Kier molecular flexibility index (Phi) is 8.47. The summed E-state index contributed by atoms with van der Waals surface area (Å²) in [4.78, 5) is 0. The van der Waals surface area contributed by atoms with Crippen LogP contribution in [-0.4, -0.2) is 59.9 Å². The highest BCUT2D eigenvalue weighted by molar-refractivity contribution is 7.94. The molecule has 0 amide bonds. The van der Waals surface area contributed by atoms with E-state index < -0.39 is 19.7 Å². The molecule has 0 radical (unpaired) electrons. The smallest absolute Gasteiger partial charge is 0.173 e. The van der Waals surface area contributed by atoms with E-state index in [0.29, 0.717) is 6.54 Å². The van der Waals surface area contributed by atoms with Gasteiger partial charge in [-0.2, -0.15) is 0 Å². The van der Waals surface area contributed by atoms with Crippen LogP contribution >= 0.6 is 0 Å². The summed E-state index contributed by atoms with van der Waals surface area (Å²) in [5, 5.41) is 3.89. The first-order valence-electron chi connectivity index (χ1n) is 6.05. The fraction of sp³-hybridized carbons (Fsp3) is 0.818. The lowest BCUT2D eigenvalue weighted by molar-refractivity contribution is 0.165. The number of hydrogen-bond acceptors (Lipinski definition) is 6. The third kappa shape index (κ3) is 11.1. The largest absolute Gasteiger partial charge is 0.379 e. The zero-order chi connectivity index (χ0) is 14.9. The van der Waals surface area contributed by atoms with E-state index in [-0.39, 0.29) is 36.5 Å². The van der Waals surface area contributed by atoms with Gasteiger partial charge < -0.3 is 10.1 Å². The topological polar surface area (TPSA) is 89.5 Å². The van der Waals surface area contributed by atoms with Gasteiger partial charge >= 0.3 is 0 Å². The first kappa shape index (κ1) is 18.6. The fourth-order valence-electron chi connectivity index (χ4n) is 1.15. The number of rotatable bonds is 11. The van der Waals surface area contributed by atoms with E-state index in [1.165, 1.54) is 0 Å².